The van der Waals surface area contributed by atoms with Gasteiger partial charge in [-0.2, -0.15) is 11.3 Å². The molecule has 0 fully saturated rings. The van der Waals surface area contributed by atoms with Gasteiger partial charge in [-0.25, -0.2) is 0 Å². The molecule has 94 valence electrons. The SMILES string of the molecule is O=C(O)Cc1ccc(OCCc2ccsc2)cc1. The standard InChI is InChI=1S/C14H14O3S/c15-14(16)9-11-1-3-13(4-2-11)17-7-5-12-6-8-18-10-12/h1-4,6,8,10H,5,7,9H2,(H,15,16). The Morgan fingerprint density at radius 3 is 2.56 bits per heavy atom. The third-order valence-electron chi connectivity index (χ3n) is 2.52. The first-order chi connectivity index (χ1) is 8.74. The lowest BCUT2D eigenvalue weighted by Crippen LogP contribution is -2.02. The number of hydrogen-bond donors (Lipinski definition) is 1. The Hall–Kier alpha value is -1.81. The molecule has 2 aromatic rings. The minimum Gasteiger partial charge on any atom is -0.493 e. The van der Waals surface area contributed by atoms with Crippen molar-refractivity contribution in [2.24, 2.45) is 0 Å². The highest BCUT2D eigenvalue weighted by atomic mass is 32.1. The second-order valence-electron chi connectivity index (χ2n) is 3.94. The highest BCUT2D eigenvalue weighted by Crippen LogP contribution is 2.14. The molecular weight excluding hydrogens is 248 g/mol. The van der Waals surface area contributed by atoms with Crippen LogP contribution in [0.15, 0.2) is 41.1 Å². The molecular formula is C14H14O3S. The number of rotatable bonds is 6. The molecule has 0 unspecified atom stereocenters. The van der Waals surface area contributed by atoms with E-state index in [1.807, 2.05) is 12.1 Å². The number of carboxylic acids is 1. The summed E-state index contributed by atoms with van der Waals surface area (Å²) in [5.41, 5.74) is 2.06. The third kappa shape index (κ3) is 3.89. The number of thiophene rings is 1. The van der Waals surface area contributed by atoms with Crippen molar-refractivity contribution >= 4 is 17.3 Å². The highest BCUT2D eigenvalue weighted by Gasteiger charge is 2.01. The summed E-state index contributed by atoms with van der Waals surface area (Å²) in [6, 6.07) is 9.28. The lowest BCUT2D eigenvalue weighted by Gasteiger charge is -2.06. The lowest BCUT2D eigenvalue weighted by atomic mass is 10.1. The smallest absolute Gasteiger partial charge is 0.307 e. The molecule has 0 bridgehead atoms. The van der Waals surface area contributed by atoms with Crippen LogP contribution in [0.5, 0.6) is 5.75 Å². The van der Waals surface area contributed by atoms with Crippen LogP contribution in [0.3, 0.4) is 0 Å². The number of hydrogen-bond acceptors (Lipinski definition) is 3. The molecule has 0 saturated carbocycles. The van der Waals surface area contributed by atoms with Crippen LogP contribution in [-0.4, -0.2) is 17.7 Å². The van der Waals surface area contributed by atoms with Crippen molar-refractivity contribution < 1.29 is 14.6 Å². The Balaban J connectivity index is 1.81. The van der Waals surface area contributed by atoms with Crippen molar-refractivity contribution in [3.05, 3.63) is 52.2 Å². The van der Waals surface area contributed by atoms with Crippen molar-refractivity contribution in [1.29, 1.82) is 0 Å². The summed E-state index contributed by atoms with van der Waals surface area (Å²) in [4.78, 5) is 10.5. The van der Waals surface area contributed by atoms with Gasteiger partial charge in [0.25, 0.3) is 0 Å². The maximum atomic E-state index is 10.5. The Morgan fingerprint density at radius 1 is 1.17 bits per heavy atom. The zero-order valence-corrected chi connectivity index (χ0v) is 10.7. The van der Waals surface area contributed by atoms with Crippen molar-refractivity contribution in [2.45, 2.75) is 12.8 Å². The molecule has 1 aromatic heterocycles. The molecule has 0 aliphatic rings. The Morgan fingerprint density at radius 2 is 1.94 bits per heavy atom. The van der Waals surface area contributed by atoms with E-state index in [2.05, 4.69) is 16.8 Å². The van der Waals surface area contributed by atoms with Crippen molar-refractivity contribution in [2.75, 3.05) is 6.61 Å². The van der Waals surface area contributed by atoms with Gasteiger partial charge in [-0.1, -0.05) is 12.1 Å². The van der Waals surface area contributed by atoms with Crippen molar-refractivity contribution in [3.63, 3.8) is 0 Å². The van der Waals surface area contributed by atoms with Crippen LogP contribution in [0.1, 0.15) is 11.1 Å². The van der Waals surface area contributed by atoms with E-state index in [4.69, 9.17) is 9.84 Å². The van der Waals surface area contributed by atoms with Gasteiger partial charge in [0.15, 0.2) is 0 Å². The molecule has 1 heterocycles. The van der Waals surface area contributed by atoms with Gasteiger partial charge >= 0.3 is 5.97 Å². The maximum absolute atomic E-state index is 10.5. The van der Waals surface area contributed by atoms with Gasteiger partial charge in [0.1, 0.15) is 5.75 Å². The molecule has 0 aliphatic heterocycles. The molecule has 1 N–H and O–H groups in total. The summed E-state index contributed by atoms with van der Waals surface area (Å²) in [6.07, 6.45) is 0.940. The molecule has 0 aliphatic carbocycles. The van der Waals surface area contributed by atoms with E-state index >= 15 is 0 Å². The lowest BCUT2D eigenvalue weighted by molar-refractivity contribution is -0.136. The molecule has 0 amide bonds. The Bertz CT molecular complexity index is 488. The van der Waals surface area contributed by atoms with Gasteiger partial charge in [-0.3, -0.25) is 4.79 Å². The van der Waals surface area contributed by atoms with Gasteiger partial charge < -0.3 is 9.84 Å². The first-order valence-corrected chi connectivity index (χ1v) is 6.63. The monoisotopic (exact) mass is 262 g/mol. The van der Waals surface area contributed by atoms with E-state index in [9.17, 15) is 4.79 Å². The van der Waals surface area contributed by atoms with Crippen LogP contribution < -0.4 is 4.74 Å². The molecule has 0 spiro atoms. The molecule has 2 rings (SSSR count). The maximum Gasteiger partial charge on any atom is 0.307 e. The molecule has 3 nitrogen and oxygen atoms in total. The fourth-order valence-electron chi connectivity index (χ4n) is 1.60. The largest absolute Gasteiger partial charge is 0.493 e. The topological polar surface area (TPSA) is 46.5 Å². The first-order valence-electron chi connectivity index (χ1n) is 5.68. The minimum absolute atomic E-state index is 0.0508. The van der Waals surface area contributed by atoms with Crippen LogP contribution in [0.2, 0.25) is 0 Å². The highest BCUT2D eigenvalue weighted by molar-refractivity contribution is 7.07. The second kappa shape index (κ2) is 6.21. The zero-order valence-electron chi connectivity index (χ0n) is 9.83. The van der Waals surface area contributed by atoms with E-state index in [-0.39, 0.29) is 6.42 Å². The molecule has 0 atom stereocenters. The van der Waals surface area contributed by atoms with Gasteiger partial charge in [-0.05, 0) is 40.1 Å². The van der Waals surface area contributed by atoms with Crippen LogP contribution >= 0.6 is 11.3 Å². The zero-order chi connectivity index (χ0) is 12.8. The van der Waals surface area contributed by atoms with Crippen LogP contribution in [0.4, 0.5) is 0 Å². The summed E-state index contributed by atoms with van der Waals surface area (Å²) < 4.78 is 5.60. The van der Waals surface area contributed by atoms with Crippen LogP contribution in [0.25, 0.3) is 0 Å². The molecule has 1 aromatic carbocycles. The molecule has 18 heavy (non-hydrogen) atoms. The summed E-state index contributed by atoms with van der Waals surface area (Å²) >= 11 is 1.68. The Labute approximate surface area is 110 Å². The van der Waals surface area contributed by atoms with E-state index in [0.29, 0.717) is 6.61 Å². The van der Waals surface area contributed by atoms with E-state index < -0.39 is 5.97 Å². The molecule has 0 radical (unpaired) electrons. The number of aliphatic carboxylic acids is 1. The summed E-state index contributed by atoms with van der Waals surface area (Å²) in [6.45, 7) is 0.634. The van der Waals surface area contributed by atoms with Gasteiger partial charge in [0.2, 0.25) is 0 Å². The quantitative estimate of drug-likeness (QED) is 0.870. The average Bonchev–Trinajstić information content (AvgIpc) is 2.84. The first kappa shape index (κ1) is 12.6. The predicted octanol–water partition coefficient (Wildman–Crippen LogP) is 3.00. The van der Waals surface area contributed by atoms with E-state index in [1.54, 1.807) is 23.5 Å². The predicted molar refractivity (Wildman–Crippen MR) is 71.3 cm³/mol. The van der Waals surface area contributed by atoms with Crippen LogP contribution in [0, 0.1) is 0 Å². The van der Waals surface area contributed by atoms with Crippen LogP contribution in [-0.2, 0) is 17.6 Å². The van der Waals surface area contributed by atoms with Gasteiger partial charge in [0.05, 0.1) is 13.0 Å². The van der Waals surface area contributed by atoms with E-state index in [1.165, 1.54) is 5.56 Å². The van der Waals surface area contributed by atoms with E-state index in [0.717, 1.165) is 17.7 Å². The average molecular weight is 262 g/mol. The second-order valence-corrected chi connectivity index (χ2v) is 4.72. The van der Waals surface area contributed by atoms with Gasteiger partial charge in [-0.15, -0.1) is 0 Å². The normalized spacial score (nSPS) is 10.2. The number of carbonyl (C=O) groups is 1. The number of benzene rings is 1. The number of carboxylic acid groups (broad SMARTS) is 1. The minimum atomic E-state index is -0.818. The summed E-state index contributed by atoms with van der Waals surface area (Å²) in [5.74, 6) is -0.0412. The summed E-state index contributed by atoms with van der Waals surface area (Å²) in [7, 11) is 0. The fraction of sp³-hybridized carbons (Fsp3) is 0.214. The fourth-order valence-corrected chi connectivity index (χ4v) is 2.30. The molecule has 0 saturated heterocycles. The van der Waals surface area contributed by atoms with Crippen molar-refractivity contribution in [1.82, 2.24) is 0 Å². The molecule has 4 heteroatoms. The van der Waals surface area contributed by atoms with Gasteiger partial charge in [0, 0.05) is 6.42 Å². The Kier molecular flexibility index (Phi) is 4.36. The van der Waals surface area contributed by atoms with Crippen molar-refractivity contribution in [3.8, 4) is 5.75 Å². The number of ether oxygens (including phenoxy) is 1. The summed E-state index contributed by atoms with van der Waals surface area (Å²) in [5, 5.41) is 12.8. The third-order valence-corrected chi connectivity index (χ3v) is 3.25.